The summed E-state index contributed by atoms with van der Waals surface area (Å²) in [4.78, 5) is 11.0. The van der Waals surface area contributed by atoms with Crippen LogP contribution in [-0.2, 0) is 13.2 Å². The van der Waals surface area contributed by atoms with Crippen LogP contribution in [0, 0.1) is 13.8 Å². The number of aromatic carboxylic acids is 1. The van der Waals surface area contributed by atoms with Gasteiger partial charge in [0.15, 0.2) is 0 Å². The van der Waals surface area contributed by atoms with Crippen LogP contribution in [-0.4, -0.2) is 20.9 Å². The molecule has 1 aromatic heterocycles. The molecule has 1 N–H and O–H groups in total. The van der Waals surface area contributed by atoms with Crippen LogP contribution >= 0.6 is 0 Å². The molecule has 1 aromatic carbocycles. The van der Waals surface area contributed by atoms with Crippen LogP contribution in [0.25, 0.3) is 0 Å². The molecule has 1 heterocycles. The second kappa shape index (κ2) is 5.77. The Hall–Kier alpha value is -2.30. The fourth-order valence-corrected chi connectivity index (χ4v) is 2.03. The number of aryl methyl sites for hydroxylation is 3. The Morgan fingerprint density at radius 2 is 2.10 bits per heavy atom. The number of hydrogen-bond donors (Lipinski definition) is 1. The highest BCUT2D eigenvalue weighted by molar-refractivity contribution is 5.88. The number of ether oxygens (including phenoxy) is 1. The van der Waals surface area contributed by atoms with Crippen molar-refractivity contribution in [2.45, 2.75) is 33.9 Å². The molecular formula is C15H18N2O3. The summed E-state index contributed by atoms with van der Waals surface area (Å²) < 4.78 is 7.63. The first-order valence-electron chi connectivity index (χ1n) is 6.51. The van der Waals surface area contributed by atoms with E-state index in [1.807, 2.05) is 31.5 Å². The van der Waals surface area contributed by atoms with E-state index in [-0.39, 0.29) is 5.56 Å². The average molecular weight is 274 g/mol. The van der Waals surface area contributed by atoms with Crippen molar-refractivity contribution in [3.05, 3.63) is 46.8 Å². The maximum Gasteiger partial charge on any atom is 0.335 e. The van der Waals surface area contributed by atoms with E-state index in [2.05, 4.69) is 5.10 Å². The minimum atomic E-state index is -0.954. The van der Waals surface area contributed by atoms with Crippen LogP contribution in [0.3, 0.4) is 0 Å². The lowest BCUT2D eigenvalue weighted by Gasteiger charge is -2.10. The van der Waals surface area contributed by atoms with Gasteiger partial charge in [0.05, 0.1) is 17.0 Å². The van der Waals surface area contributed by atoms with Gasteiger partial charge in [0.2, 0.25) is 0 Å². The van der Waals surface area contributed by atoms with E-state index >= 15 is 0 Å². The van der Waals surface area contributed by atoms with Gasteiger partial charge in [-0.3, -0.25) is 4.68 Å². The number of benzene rings is 1. The predicted octanol–water partition coefficient (Wildman–Crippen LogP) is 2.80. The Balaban J connectivity index is 2.18. The van der Waals surface area contributed by atoms with Crippen molar-refractivity contribution in [2.24, 2.45) is 0 Å². The maximum absolute atomic E-state index is 11.0. The molecule has 0 radical (unpaired) electrons. The van der Waals surface area contributed by atoms with Crippen molar-refractivity contribution < 1.29 is 14.6 Å². The summed E-state index contributed by atoms with van der Waals surface area (Å²) in [5.74, 6) is -0.365. The Morgan fingerprint density at radius 3 is 2.75 bits per heavy atom. The quantitative estimate of drug-likeness (QED) is 0.910. The van der Waals surface area contributed by atoms with Crippen molar-refractivity contribution >= 4 is 5.97 Å². The van der Waals surface area contributed by atoms with Gasteiger partial charge in [-0.05, 0) is 44.5 Å². The minimum Gasteiger partial charge on any atom is -0.487 e. The molecule has 0 unspecified atom stereocenters. The third-order valence-corrected chi connectivity index (χ3v) is 3.10. The zero-order valence-electron chi connectivity index (χ0n) is 11.9. The lowest BCUT2D eigenvalue weighted by Crippen LogP contribution is -2.07. The summed E-state index contributed by atoms with van der Waals surface area (Å²) in [7, 11) is 0. The lowest BCUT2D eigenvalue weighted by atomic mass is 10.1. The van der Waals surface area contributed by atoms with Crippen molar-refractivity contribution in [3.8, 4) is 5.75 Å². The van der Waals surface area contributed by atoms with Gasteiger partial charge in [0.1, 0.15) is 12.4 Å². The standard InChI is InChI=1S/C15H18N2O3/c1-4-17-13(7-11(3)16-17)9-20-14-8-12(15(18)19)6-5-10(14)2/h5-8H,4,9H2,1-3H3,(H,18,19). The topological polar surface area (TPSA) is 64.4 Å². The largest absolute Gasteiger partial charge is 0.487 e. The van der Waals surface area contributed by atoms with E-state index < -0.39 is 5.97 Å². The highest BCUT2D eigenvalue weighted by Crippen LogP contribution is 2.21. The van der Waals surface area contributed by atoms with Gasteiger partial charge in [-0.25, -0.2) is 4.79 Å². The van der Waals surface area contributed by atoms with Gasteiger partial charge in [0, 0.05) is 6.54 Å². The smallest absolute Gasteiger partial charge is 0.335 e. The van der Waals surface area contributed by atoms with Gasteiger partial charge in [0.25, 0.3) is 0 Å². The first-order valence-corrected chi connectivity index (χ1v) is 6.51. The lowest BCUT2D eigenvalue weighted by molar-refractivity contribution is 0.0696. The summed E-state index contributed by atoms with van der Waals surface area (Å²) in [6, 6.07) is 6.85. The van der Waals surface area contributed by atoms with Gasteiger partial charge < -0.3 is 9.84 Å². The summed E-state index contributed by atoms with van der Waals surface area (Å²) in [6.45, 7) is 7.00. The fourth-order valence-electron chi connectivity index (χ4n) is 2.03. The van der Waals surface area contributed by atoms with Crippen LogP contribution in [0.1, 0.15) is 34.2 Å². The number of rotatable bonds is 5. The normalized spacial score (nSPS) is 10.6. The molecule has 0 aliphatic heterocycles. The number of carboxylic acid groups (broad SMARTS) is 1. The second-order valence-corrected chi connectivity index (χ2v) is 4.67. The Morgan fingerprint density at radius 1 is 1.35 bits per heavy atom. The first kappa shape index (κ1) is 14.1. The van der Waals surface area contributed by atoms with Crippen LogP contribution in [0.15, 0.2) is 24.3 Å². The number of carboxylic acids is 1. The molecular weight excluding hydrogens is 256 g/mol. The zero-order chi connectivity index (χ0) is 14.7. The van der Waals surface area contributed by atoms with Crippen LogP contribution < -0.4 is 4.74 Å². The molecule has 2 rings (SSSR count). The molecule has 5 nitrogen and oxygen atoms in total. The molecule has 0 atom stereocenters. The molecule has 5 heteroatoms. The molecule has 106 valence electrons. The van der Waals surface area contributed by atoms with E-state index in [1.165, 1.54) is 0 Å². The third kappa shape index (κ3) is 2.99. The van der Waals surface area contributed by atoms with Crippen molar-refractivity contribution in [3.63, 3.8) is 0 Å². The first-order chi connectivity index (χ1) is 9.51. The Kier molecular flexibility index (Phi) is 4.08. The number of carbonyl (C=O) groups is 1. The molecule has 2 aromatic rings. The van der Waals surface area contributed by atoms with Crippen molar-refractivity contribution in [2.75, 3.05) is 0 Å². The highest BCUT2D eigenvalue weighted by atomic mass is 16.5. The zero-order valence-corrected chi connectivity index (χ0v) is 11.9. The van der Waals surface area contributed by atoms with Crippen LogP contribution in [0.5, 0.6) is 5.75 Å². The van der Waals surface area contributed by atoms with Crippen molar-refractivity contribution in [1.82, 2.24) is 9.78 Å². The summed E-state index contributed by atoms with van der Waals surface area (Å²) >= 11 is 0. The van der Waals surface area contributed by atoms with E-state index in [1.54, 1.807) is 18.2 Å². The van der Waals surface area contributed by atoms with Crippen molar-refractivity contribution in [1.29, 1.82) is 0 Å². The van der Waals surface area contributed by atoms with E-state index in [4.69, 9.17) is 9.84 Å². The van der Waals surface area contributed by atoms with E-state index in [0.29, 0.717) is 12.4 Å². The molecule has 0 aliphatic carbocycles. The van der Waals surface area contributed by atoms with Gasteiger partial charge >= 0.3 is 5.97 Å². The molecule has 0 fully saturated rings. The third-order valence-electron chi connectivity index (χ3n) is 3.10. The number of aromatic nitrogens is 2. The van der Waals surface area contributed by atoms with E-state index in [0.717, 1.165) is 23.5 Å². The molecule has 0 saturated carbocycles. The average Bonchev–Trinajstić information content (AvgIpc) is 2.77. The molecule has 0 aliphatic rings. The summed E-state index contributed by atoms with van der Waals surface area (Å²) in [5, 5.41) is 13.4. The van der Waals surface area contributed by atoms with Crippen LogP contribution in [0.4, 0.5) is 0 Å². The van der Waals surface area contributed by atoms with Gasteiger partial charge in [-0.2, -0.15) is 5.10 Å². The molecule has 0 saturated heterocycles. The monoisotopic (exact) mass is 274 g/mol. The highest BCUT2D eigenvalue weighted by Gasteiger charge is 2.09. The predicted molar refractivity (Wildman–Crippen MR) is 75.1 cm³/mol. The summed E-state index contributed by atoms with van der Waals surface area (Å²) in [5.41, 5.74) is 3.06. The SMILES string of the molecule is CCn1nc(C)cc1COc1cc(C(=O)O)ccc1C. The molecule has 20 heavy (non-hydrogen) atoms. The van der Waals surface area contributed by atoms with Crippen LogP contribution in [0.2, 0.25) is 0 Å². The second-order valence-electron chi connectivity index (χ2n) is 4.67. The van der Waals surface area contributed by atoms with E-state index in [9.17, 15) is 4.79 Å². The Labute approximate surface area is 117 Å². The summed E-state index contributed by atoms with van der Waals surface area (Å²) in [6.07, 6.45) is 0. The maximum atomic E-state index is 11.0. The molecule has 0 bridgehead atoms. The number of nitrogens with zero attached hydrogens (tertiary/aromatic N) is 2. The Bertz CT molecular complexity index is 632. The molecule has 0 spiro atoms. The fraction of sp³-hybridized carbons (Fsp3) is 0.333. The minimum absolute atomic E-state index is 0.228. The van der Waals surface area contributed by atoms with Gasteiger partial charge in [-0.15, -0.1) is 0 Å². The number of hydrogen-bond acceptors (Lipinski definition) is 3. The molecule has 0 amide bonds. The van der Waals surface area contributed by atoms with Gasteiger partial charge in [-0.1, -0.05) is 6.07 Å².